The molecule has 1 N–H and O–H groups in total. The van der Waals surface area contributed by atoms with Gasteiger partial charge in [0.1, 0.15) is 0 Å². The number of methoxy groups -OCH3 is 1. The van der Waals surface area contributed by atoms with Gasteiger partial charge in [0.25, 0.3) is 5.91 Å². The van der Waals surface area contributed by atoms with Crippen LogP contribution in [0.2, 0.25) is 0 Å². The van der Waals surface area contributed by atoms with Crippen molar-refractivity contribution in [3.63, 3.8) is 0 Å². The number of likely N-dealkylation sites (tertiary alicyclic amines) is 1. The van der Waals surface area contributed by atoms with Gasteiger partial charge in [-0.15, -0.1) is 0 Å². The number of benzene rings is 1. The topological polar surface area (TPSA) is 41.6 Å². The Balaban J connectivity index is 2.04. The Kier molecular flexibility index (Phi) is 4.78. The van der Waals surface area contributed by atoms with Crippen LogP contribution in [0, 0.1) is 0 Å². The van der Waals surface area contributed by atoms with E-state index in [1.54, 1.807) is 7.11 Å². The molecule has 1 atom stereocenters. The summed E-state index contributed by atoms with van der Waals surface area (Å²) in [5.41, 5.74) is 1.06. The van der Waals surface area contributed by atoms with Crippen LogP contribution in [0.4, 0.5) is 0 Å². The number of nitrogens with zero attached hydrogens (tertiary/aromatic N) is 1. The molecule has 1 aliphatic rings. The highest BCUT2D eigenvalue weighted by molar-refractivity contribution is 5.82. The van der Waals surface area contributed by atoms with Gasteiger partial charge < -0.3 is 15.0 Å². The first-order valence-electron chi connectivity index (χ1n) is 7.15. The molecule has 1 unspecified atom stereocenters. The van der Waals surface area contributed by atoms with E-state index in [0.29, 0.717) is 0 Å². The first-order chi connectivity index (χ1) is 9.59. The lowest BCUT2D eigenvalue weighted by molar-refractivity contribution is -0.144. The largest absolute Gasteiger partial charge is 0.367 e. The molecule has 1 amide bonds. The van der Waals surface area contributed by atoms with Crippen LogP contribution < -0.4 is 5.32 Å². The highest BCUT2D eigenvalue weighted by Crippen LogP contribution is 2.25. The minimum atomic E-state index is -0.491. The van der Waals surface area contributed by atoms with Crippen LogP contribution in [0.5, 0.6) is 0 Å². The summed E-state index contributed by atoms with van der Waals surface area (Å²) >= 11 is 0. The third-order valence-electron chi connectivity index (χ3n) is 4.34. The van der Waals surface area contributed by atoms with E-state index in [2.05, 4.69) is 12.2 Å². The number of rotatable bonds is 4. The average molecular weight is 276 g/mol. The predicted octanol–water partition coefficient (Wildman–Crippen LogP) is 1.97. The third kappa shape index (κ3) is 3.19. The SMILES string of the molecule is CNC1(C)CCN(C(=O)C(OC)c2ccccc2)CC1. The van der Waals surface area contributed by atoms with Gasteiger partial charge >= 0.3 is 0 Å². The maximum atomic E-state index is 12.6. The zero-order chi connectivity index (χ0) is 14.6. The van der Waals surface area contributed by atoms with E-state index >= 15 is 0 Å². The molecule has 0 spiro atoms. The molecule has 0 aromatic heterocycles. The van der Waals surface area contributed by atoms with Gasteiger partial charge in [0, 0.05) is 25.7 Å². The summed E-state index contributed by atoms with van der Waals surface area (Å²) in [7, 11) is 3.58. The van der Waals surface area contributed by atoms with Crippen LogP contribution >= 0.6 is 0 Å². The fraction of sp³-hybridized carbons (Fsp3) is 0.562. The Hall–Kier alpha value is -1.39. The zero-order valence-corrected chi connectivity index (χ0v) is 12.6. The molecule has 4 heteroatoms. The van der Waals surface area contributed by atoms with Crippen molar-refractivity contribution in [2.75, 3.05) is 27.2 Å². The van der Waals surface area contributed by atoms with Crippen LogP contribution in [-0.2, 0) is 9.53 Å². The van der Waals surface area contributed by atoms with E-state index in [9.17, 15) is 4.79 Å². The van der Waals surface area contributed by atoms with Crippen molar-refractivity contribution in [1.82, 2.24) is 10.2 Å². The molecule has 1 aromatic carbocycles. The van der Waals surface area contributed by atoms with Gasteiger partial charge in [-0.2, -0.15) is 0 Å². The molecule has 1 heterocycles. The van der Waals surface area contributed by atoms with E-state index in [4.69, 9.17) is 4.74 Å². The Morgan fingerprint density at radius 1 is 1.30 bits per heavy atom. The van der Waals surface area contributed by atoms with Crippen LogP contribution in [0.3, 0.4) is 0 Å². The summed E-state index contributed by atoms with van der Waals surface area (Å²) < 4.78 is 5.42. The molecule has 1 saturated heterocycles. The lowest BCUT2D eigenvalue weighted by Gasteiger charge is -2.40. The summed E-state index contributed by atoms with van der Waals surface area (Å²) in [4.78, 5) is 14.5. The summed E-state index contributed by atoms with van der Waals surface area (Å²) in [6.45, 7) is 3.77. The van der Waals surface area contributed by atoms with Crippen LogP contribution in [0.15, 0.2) is 30.3 Å². The van der Waals surface area contributed by atoms with Crippen molar-refractivity contribution in [2.24, 2.45) is 0 Å². The van der Waals surface area contributed by atoms with E-state index in [0.717, 1.165) is 31.5 Å². The second-order valence-electron chi connectivity index (χ2n) is 5.66. The van der Waals surface area contributed by atoms with Crippen LogP contribution in [0.1, 0.15) is 31.4 Å². The minimum absolute atomic E-state index is 0.0665. The van der Waals surface area contributed by atoms with E-state index in [1.165, 1.54) is 0 Å². The lowest BCUT2D eigenvalue weighted by Crippen LogP contribution is -2.52. The second-order valence-corrected chi connectivity index (χ2v) is 5.66. The van der Waals surface area contributed by atoms with Gasteiger partial charge in [-0.1, -0.05) is 30.3 Å². The number of carbonyl (C=O) groups is 1. The van der Waals surface area contributed by atoms with Crippen molar-refractivity contribution in [3.8, 4) is 0 Å². The van der Waals surface area contributed by atoms with Crippen molar-refractivity contribution < 1.29 is 9.53 Å². The number of amides is 1. The van der Waals surface area contributed by atoms with E-state index in [1.807, 2.05) is 42.3 Å². The van der Waals surface area contributed by atoms with Crippen molar-refractivity contribution in [3.05, 3.63) is 35.9 Å². The standard InChI is InChI=1S/C16H24N2O2/c1-16(17-2)9-11-18(12-10-16)15(19)14(20-3)13-7-5-4-6-8-13/h4-8,14,17H,9-12H2,1-3H3. The fourth-order valence-electron chi connectivity index (χ4n) is 2.64. The summed E-state index contributed by atoms with van der Waals surface area (Å²) in [5.74, 6) is 0.0665. The van der Waals surface area contributed by atoms with Crippen molar-refractivity contribution >= 4 is 5.91 Å². The van der Waals surface area contributed by atoms with Crippen LogP contribution in [0.25, 0.3) is 0 Å². The number of nitrogens with one attached hydrogen (secondary N) is 1. The normalized spacial score (nSPS) is 19.6. The first-order valence-corrected chi connectivity index (χ1v) is 7.15. The molecular formula is C16H24N2O2. The molecule has 1 aliphatic heterocycles. The molecule has 2 rings (SSSR count). The number of carbonyl (C=O) groups excluding carboxylic acids is 1. The number of piperidine rings is 1. The van der Waals surface area contributed by atoms with Gasteiger partial charge in [-0.3, -0.25) is 4.79 Å². The summed E-state index contributed by atoms with van der Waals surface area (Å²) in [6.07, 6.45) is 1.45. The van der Waals surface area contributed by atoms with E-state index < -0.39 is 6.10 Å². The lowest BCUT2D eigenvalue weighted by atomic mass is 9.89. The van der Waals surface area contributed by atoms with Gasteiger partial charge in [0.05, 0.1) is 0 Å². The summed E-state index contributed by atoms with van der Waals surface area (Å²) in [6, 6.07) is 9.69. The van der Waals surface area contributed by atoms with Gasteiger partial charge in [-0.05, 0) is 32.4 Å². The minimum Gasteiger partial charge on any atom is -0.367 e. The summed E-state index contributed by atoms with van der Waals surface area (Å²) in [5, 5.41) is 3.35. The smallest absolute Gasteiger partial charge is 0.256 e. The molecule has 0 saturated carbocycles. The molecule has 0 aliphatic carbocycles. The molecule has 110 valence electrons. The Labute approximate surface area is 121 Å². The van der Waals surface area contributed by atoms with Gasteiger partial charge in [-0.25, -0.2) is 0 Å². The predicted molar refractivity (Wildman–Crippen MR) is 79.5 cm³/mol. The number of hydrogen-bond donors (Lipinski definition) is 1. The quantitative estimate of drug-likeness (QED) is 0.914. The van der Waals surface area contributed by atoms with Crippen molar-refractivity contribution in [2.45, 2.75) is 31.4 Å². The third-order valence-corrected chi connectivity index (χ3v) is 4.34. The molecule has 20 heavy (non-hydrogen) atoms. The first kappa shape index (κ1) is 15.0. The maximum absolute atomic E-state index is 12.6. The highest BCUT2D eigenvalue weighted by atomic mass is 16.5. The van der Waals surface area contributed by atoms with E-state index in [-0.39, 0.29) is 11.4 Å². The highest BCUT2D eigenvalue weighted by Gasteiger charge is 2.33. The molecule has 1 aromatic rings. The molecule has 0 radical (unpaired) electrons. The van der Waals surface area contributed by atoms with Crippen LogP contribution in [-0.4, -0.2) is 43.6 Å². The monoisotopic (exact) mass is 276 g/mol. The Bertz CT molecular complexity index is 439. The molecule has 1 fully saturated rings. The van der Waals surface area contributed by atoms with Gasteiger partial charge in [0.15, 0.2) is 6.10 Å². The molecule has 4 nitrogen and oxygen atoms in total. The fourth-order valence-corrected chi connectivity index (χ4v) is 2.64. The Morgan fingerprint density at radius 2 is 1.90 bits per heavy atom. The zero-order valence-electron chi connectivity index (χ0n) is 12.6. The Morgan fingerprint density at radius 3 is 2.40 bits per heavy atom. The van der Waals surface area contributed by atoms with Crippen molar-refractivity contribution in [1.29, 1.82) is 0 Å². The average Bonchev–Trinajstić information content (AvgIpc) is 2.50. The van der Waals surface area contributed by atoms with Gasteiger partial charge in [0.2, 0.25) is 0 Å². The second kappa shape index (κ2) is 6.37. The molecule has 0 bridgehead atoms. The molecular weight excluding hydrogens is 252 g/mol. The maximum Gasteiger partial charge on any atom is 0.256 e. The number of hydrogen-bond acceptors (Lipinski definition) is 3. The number of ether oxygens (including phenoxy) is 1.